The van der Waals surface area contributed by atoms with Crippen LogP contribution in [0.1, 0.15) is 29.9 Å². The summed E-state index contributed by atoms with van der Waals surface area (Å²) in [5.74, 6) is -0.102. The summed E-state index contributed by atoms with van der Waals surface area (Å²) < 4.78 is 0.920. The first-order valence-electron chi connectivity index (χ1n) is 7.60. The number of thiazole rings is 1. The standard InChI is InChI=1S/C17H18N4O2S2/c1-10(2)14(22)20-13-6-4-12(5-7-13)15(23)21-17-19-11(3)16(25-17)24-9-8-18/h4-7,10H,9H2,1-3H3,(H,20,22)(H,19,21,23). The van der Waals surface area contributed by atoms with Gasteiger partial charge in [-0.1, -0.05) is 36.9 Å². The summed E-state index contributed by atoms with van der Waals surface area (Å²) in [4.78, 5) is 28.3. The Morgan fingerprint density at radius 2 is 1.96 bits per heavy atom. The summed E-state index contributed by atoms with van der Waals surface area (Å²) in [6.45, 7) is 5.48. The number of hydrogen-bond acceptors (Lipinski definition) is 6. The van der Waals surface area contributed by atoms with Gasteiger partial charge in [0.2, 0.25) is 5.91 Å². The fraction of sp³-hybridized carbons (Fsp3) is 0.294. The number of carbonyl (C=O) groups is 2. The van der Waals surface area contributed by atoms with Crippen LogP contribution >= 0.6 is 23.1 Å². The van der Waals surface area contributed by atoms with E-state index < -0.39 is 0 Å². The van der Waals surface area contributed by atoms with Crippen LogP contribution < -0.4 is 10.6 Å². The predicted molar refractivity (Wildman–Crippen MR) is 101 cm³/mol. The lowest BCUT2D eigenvalue weighted by atomic mass is 10.1. The highest BCUT2D eigenvalue weighted by atomic mass is 32.2. The molecule has 0 unspecified atom stereocenters. The number of nitrogens with zero attached hydrogens (tertiary/aromatic N) is 2. The van der Waals surface area contributed by atoms with Crippen molar-refractivity contribution in [3.05, 3.63) is 35.5 Å². The predicted octanol–water partition coefficient (Wildman–Crippen LogP) is 3.91. The molecule has 0 aliphatic rings. The van der Waals surface area contributed by atoms with Crippen LogP contribution in [0.3, 0.4) is 0 Å². The number of thioether (sulfide) groups is 1. The SMILES string of the molecule is Cc1nc(NC(=O)c2ccc(NC(=O)C(C)C)cc2)sc1SCC#N. The van der Waals surface area contributed by atoms with Crippen molar-refractivity contribution in [3.63, 3.8) is 0 Å². The number of anilines is 2. The second-order valence-electron chi connectivity index (χ2n) is 5.51. The zero-order valence-electron chi connectivity index (χ0n) is 14.1. The van der Waals surface area contributed by atoms with E-state index in [0.717, 1.165) is 9.90 Å². The highest BCUT2D eigenvalue weighted by Crippen LogP contribution is 2.32. The Morgan fingerprint density at radius 3 is 2.56 bits per heavy atom. The smallest absolute Gasteiger partial charge is 0.257 e. The topological polar surface area (TPSA) is 94.9 Å². The molecule has 2 N–H and O–H groups in total. The van der Waals surface area contributed by atoms with Gasteiger partial charge in [-0.3, -0.25) is 14.9 Å². The van der Waals surface area contributed by atoms with Crippen molar-refractivity contribution < 1.29 is 9.59 Å². The molecule has 2 rings (SSSR count). The number of nitrogens with one attached hydrogen (secondary N) is 2. The van der Waals surface area contributed by atoms with E-state index in [9.17, 15) is 9.59 Å². The molecule has 0 atom stereocenters. The molecule has 0 saturated carbocycles. The third-order valence-electron chi connectivity index (χ3n) is 3.18. The second-order valence-corrected chi connectivity index (χ2v) is 7.76. The first kappa shape index (κ1) is 19.0. The van der Waals surface area contributed by atoms with Gasteiger partial charge in [-0.05, 0) is 31.2 Å². The van der Waals surface area contributed by atoms with Gasteiger partial charge in [-0.15, -0.1) is 0 Å². The van der Waals surface area contributed by atoms with Crippen LogP contribution in [-0.2, 0) is 4.79 Å². The molecule has 1 aromatic carbocycles. The Morgan fingerprint density at radius 1 is 1.28 bits per heavy atom. The third-order valence-corrected chi connectivity index (χ3v) is 5.48. The van der Waals surface area contributed by atoms with Crippen LogP contribution in [0.5, 0.6) is 0 Å². The molecule has 1 heterocycles. The minimum atomic E-state index is -0.271. The van der Waals surface area contributed by atoms with E-state index in [-0.39, 0.29) is 17.7 Å². The lowest BCUT2D eigenvalue weighted by molar-refractivity contribution is -0.118. The van der Waals surface area contributed by atoms with Crippen LogP contribution in [0.4, 0.5) is 10.8 Å². The minimum absolute atomic E-state index is 0.0714. The monoisotopic (exact) mass is 374 g/mol. The first-order chi connectivity index (χ1) is 11.9. The molecular weight excluding hydrogens is 356 g/mol. The minimum Gasteiger partial charge on any atom is -0.326 e. The quantitative estimate of drug-likeness (QED) is 0.748. The van der Waals surface area contributed by atoms with E-state index in [2.05, 4.69) is 21.7 Å². The summed E-state index contributed by atoms with van der Waals surface area (Å²) in [5.41, 5.74) is 1.92. The molecule has 2 amide bonds. The van der Waals surface area contributed by atoms with Crippen molar-refractivity contribution in [3.8, 4) is 6.07 Å². The molecule has 8 heteroatoms. The number of carbonyl (C=O) groups excluding carboxylic acids is 2. The molecular formula is C17H18N4O2S2. The maximum absolute atomic E-state index is 12.3. The van der Waals surface area contributed by atoms with Crippen LogP contribution in [0.2, 0.25) is 0 Å². The van der Waals surface area contributed by atoms with Crippen LogP contribution in [-0.4, -0.2) is 22.6 Å². The highest BCUT2D eigenvalue weighted by molar-refractivity contribution is 8.01. The van der Waals surface area contributed by atoms with Crippen molar-refractivity contribution >= 4 is 45.7 Å². The molecule has 2 aromatic rings. The second kappa shape index (κ2) is 8.65. The Kier molecular flexibility index (Phi) is 6.56. The molecule has 0 radical (unpaired) electrons. The maximum Gasteiger partial charge on any atom is 0.257 e. The molecule has 0 spiro atoms. The number of amides is 2. The molecule has 0 bridgehead atoms. The zero-order valence-corrected chi connectivity index (χ0v) is 15.8. The summed E-state index contributed by atoms with van der Waals surface area (Å²) in [7, 11) is 0. The van der Waals surface area contributed by atoms with Gasteiger partial charge in [-0.25, -0.2) is 4.98 Å². The molecule has 6 nitrogen and oxygen atoms in total. The van der Waals surface area contributed by atoms with E-state index in [1.807, 2.05) is 20.8 Å². The highest BCUT2D eigenvalue weighted by Gasteiger charge is 2.13. The van der Waals surface area contributed by atoms with Crippen LogP contribution in [0.25, 0.3) is 0 Å². The first-order valence-corrected chi connectivity index (χ1v) is 9.40. The normalized spacial score (nSPS) is 10.4. The van der Waals surface area contributed by atoms with E-state index in [1.54, 1.807) is 24.3 Å². The van der Waals surface area contributed by atoms with Gasteiger partial charge in [-0.2, -0.15) is 5.26 Å². The Bertz CT molecular complexity index is 807. The molecule has 130 valence electrons. The van der Waals surface area contributed by atoms with Crippen molar-refractivity contribution in [2.75, 3.05) is 16.4 Å². The number of aromatic nitrogens is 1. The zero-order chi connectivity index (χ0) is 18.4. The van der Waals surface area contributed by atoms with Gasteiger partial charge in [0.05, 0.1) is 21.7 Å². The van der Waals surface area contributed by atoms with Crippen LogP contribution in [0, 0.1) is 24.2 Å². The fourth-order valence-electron chi connectivity index (χ4n) is 1.83. The van der Waals surface area contributed by atoms with E-state index >= 15 is 0 Å². The average Bonchev–Trinajstić information content (AvgIpc) is 2.92. The maximum atomic E-state index is 12.3. The van der Waals surface area contributed by atoms with Gasteiger partial charge in [0.25, 0.3) is 5.91 Å². The van der Waals surface area contributed by atoms with E-state index in [4.69, 9.17) is 5.26 Å². The molecule has 0 aliphatic heterocycles. The largest absolute Gasteiger partial charge is 0.326 e. The van der Waals surface area contributed by atoms with Crippen LogP contribution in [0.15, 0.2) is 28.5 Å². The Labute approximate surface area is 154 Å². The number of rotatable bonds is 6. The summed E-state index contributed by atoms with van der Waals surface area (Å²) in [6.07, 6.45) is 0. The summed E-state index contributed by atoms with van der Waals surface area (Å²) in [6, 6.07) is 8.75. The lowest BCUT2D eigenvalue weighted by Crippen LogP contribution is -2.18. The third kappa shape index (κ3) is 5.31. The summed E-state index contributed by atoms with van der Waals surface area (Å²) >= 11 is 2.75. The molecule has 25 heavy (non-hydrogen) atoms. The van der Waals surface area contributed by atoms with E-state index in [0.29, 0.717) is 22.1 Å². The van der Waals surface area contributed by atoms with Crippen molar-refractivity contribution in [1.29, 1.82) is 5.26 Å². The van der Waals surface area contributed by atoms with Crippen molar-refractivity contribution in [1.82, 2.24) is 4.98 Å². The van der Waals surface area contributed by atoms with Gasteiger partial charge in [0.15, 0.2) is 5.13 Å². The van der Waals surface area contributed by atoms with Gasteiger partial charge in [0, 0.05) is 17.2 Å². The Balaban J connectivity index is 2.01. The molecule has 0 aliphatic carbocycles. The van der Waals surface area contributed by atoms with Gasteiger partial charge < -0.3 is 5.32 Å². The fourth-order valence-corrected chi connectivity index (χ4v) is 3.62. The van der Waals surface area contributed by atoms with E-state index in [1.165, 1.54) is 23.1 Å². The van der Waals surface area contributed by atoms with Crippen molar-refractivity contribution in [2.45, 2.75) is 25.0 Å². The van der Waals surface area contributed by atoms with Gasteiger partial charge >= 0.3 is 0 Å². The molecule has 1 aromatic heterocycles. The van der Waals surface area contributed by atoms with Crippen molar-refractivity contribution in [2.24, 2.45) is 5.92 Å². The number of aryl methyl sites for hydroxylation is 1. The van der Waals surface area contributed by atoms with Gasteiger partial charge in [0.1, 0.15) is 0 Å². The number of nitriles is 1. The average molecular weight is 374 g/mol. The number of hydrogen-bond donors (Lipinski definition) is 2. The summed E-state index contributed by atoms with van der Waals surface area (Å²) in [5, 5.41) is 14.7. The number of benzene rings is 1. The Hall–Kier alpha value is -2.37. The lowest BCUT2D eigenvalue weighted by Gasteiger charge is -2.08. The molecule has 0 saturated heterocycles. The molecule has 0 fully saturated rings.